The van der Waals surface area contributed by atoms with Crippen LogP contribution < -0.4 is 0 Å². The summed E-state index contributed by atoms with van der Waals surface area (Å²) in [6, 6.07) is 0. The number of rotatable bonds is 16. The van der Waals surface area contributed by atoms with E-state index >= 15 is 0 Å². The Morgan fingerprint density at radius 3 is 1.77 bits per heavy atom. The maximum absolute atomic E-state index is 12.5. The van der Waals surface area contributed by atoms with E-state index in [1.54, 1.807) is 0 Å². The minimum Gasteiger partial charge on any atom is -0.467 e. The number of esters is 1. The fourth-order valence-corrected chi connectivity index (χ4v) is 3.59. The maximum atomic E-state index is 12.5. The summed E-state index contributed by atoms with van der Waals surface area (Å²) in [6.07, 6.45) is 2.28. The second-order valence-electron chi connectivity index (χ2n) is 7.67. The smallest absolute Gasteiger partial charge is 0.337 e. The Labute approximate surface area is 187 Å². The first kappa shape index (κ1) is 28.3. The molecule has 1 heterocycles. The molecule has 10 heteroatoms. The Balaban J connectivity index is 3.21. The number of carbonyl (C=O) groups excluding carboxylic acids is 1. The van der Waals surface area contributed by atoms with Crippen molar-refractivity contribution >= 4 is 16.1 Å². The summed E-state index contributed by atoms with van der Waals surface area (Å²) in [5, 5.41) is 0. The topological polar surface area (TPSA) is 107 Å². The number of hydrogen-bond acceptors (Lipinski definition) is 9. The highest BCUT2D eigenvalue weighted by Gasteiger charge is 2.51. The standard InChI is InChI=1S/C21H40O9S/c1-6-9-12-26-17-16(15-29-31(5,23)24)30-20(21(22)25-4)19(28-14-11-8-3)18(17)27-13-10-7-2/h16-20H,6-15H2,1-5H3/t16-,17+,18?,19-,20?/m0/s1. The van der Waals surface area contributed by atoms with Crippen LogP contribution in [0.5, 0.6) is 0 Å². The molecule has 9 nitrogen and oxygen atoms in total. The zero-order valence-corrected chi connectivity index (χ0v) is 20.4. The van der Waals surface area contributed by atoms with Crippen LogP contribution in [0.4, 0.5) is 0 Å². The molecule has 0 N–H and O–H groups in total. The molecule has 184 valence electrons. The number of ether oxygens (including phenoxy) is 5. The van der Waals surface area contributed by atoms with Crippen LogP contribution in [0.25, 0.3) is 0 Å². The minimum absolute atomic E-state index is 0.293. The molecule has 1 aliphatic rings. The van der Waals surface area contributed by atoms with Crippen LogP contribution in [0.1, 0.15) is 59.3 Å². The maximum Gasteiger partial charge on any atom is 0.337 e. The van der Waals surface area contributed by atoms with Crippen molar-refractivity contribution in [1.82, 2.24) is 0 Å². The van der Waals surface area contributed by atoms with E-state index in [1.807, 2.05) is 13.8 Å². The summed E-state index contributed by atoms with van der Waals surface area (Å²) in [5.74, 6) is -0.609. The quantitative estimate of drug-likeness (QED) is 0.192. The Kier molecular flexibility index (Phi) is 13.8. The molecule has 1 fully saturated rings. The van der Waals surface area contributed by atoms with E-state index in [9.17, 15) is 13.2 Å². The fourth-order valence-electron chi connectivity index (χ4n) is 3.21. The van der Waals surface area contributed by atoms with Gasteiger partial charge in [-0.1, -0.05) is 40.0 Å². The first-order valence-electron chi connectivity index (χ1n) is 11.2. The molecule has 0 aliphatic carbocycles. The van der Waals surface area contributed by atoms with Crippen molar-refractivity contribution in [3.8, 4) is 0 Å². The van der Waals surface area contributed by atoms with Crippen molar-refractivity contribution in [1.29, 1.82) is 0 Å². The normalized spacial score (nSPS) is 26.7. The molecule has 1 aliphatic heterocycles. The van der Waals surface area contributed by atoms with Crippen LogP contribution >= 0.6 is 0 Å². The molecular weight excluding hydrogens is 428 g/mol. The van der Waals surface area contributed by atoms with Crippen LogP contribution in [0, 0.1) is 0 Å². The highest BCUT2D eigenvalue weighted by Crippen LogP contribution is 2.30. The van der Waals surface area contributed by atoms with Gasteiger partial charge in [0, 0.05) is 19.8 Å². The van der Waals surface area contributed by atoms with Crippen LogP contribution in [-0.4, -0.2) is 84.7 Å². The summed E-state index contributed by atoms with van der Waals surface area (Å²) in [5.41, 5.74) is 0. The molecule has 0 amide bonds. The minimum atomic E-state index is -3.71. The molecule has 0 saturated carbocycles. The summed E-state index contributed by atoms with van der Waals surface area (Å²) < 4.78 is 57.3. The third-order valence-electron chi connectivity index (χ3n) is 4.94. The highest BCUT2D eigenvalue weighted by atomic mass is 32.2. The fraction of sp³-hybridized carbons (Fsp3) is 0.952. The average molecular weight is 469 g/mol. The molecular formula is C21H40O9S. The van der Waals surface area contributed by atoms with Gasteiger partial charge in [0.15, 0.2) is 6.10 Å². The van der Waals surface area contributed by atoms with Gasteiger partial charge in [-0.25, -0.2) is 4.79 Å². The van der Waals surface area contributed by atoms with Gasteiger partial charge in [0.05, 0.1) is 20.0 Å². The van der Waals surface area contributed by atoms with E-state index < -0.39 is 46.6 Å². The van der Waals surface area contributed by atoms with Crippen LogP contribution in [0.3, 0.4) is 0 Å². The second-order valence-corrected chi connectivity index (χ2v) is 9.32. The van der Waals surface area contributed by atoms with Gasteiger partial charge in [0.1, 0.15) is 24.4 Å². The Bertz CT molecular complexity index is 596. The van der Waals surface area contributed by atoms with Gasteiger partial charge in [-0.2, -0.15) is 8.42 Å². The van der Waals surface area contributed by atoms with Gasteiger partial charge in [0.25, 0.3) is 10.1 Å². The van der Waals surface area contributed by atoms with Crippen LogP contribution in [-0.2, 0) is 42.8 Å². The molecule has 0 spiro atoms. The predicted octanol–water partition coefficient (Wildman–Crippen LogP) is 2.46. The van der Waals surface area contributed by atoms with Gasteiger partial charge in [-0.3, -0.25) is 4.18 Å². The third-order valence-corrected chi connectivity index (χ3v) is 5.50. The molecule has 1 rings (SSSR count). The van der Waals surface area contributed by atoms with E-state index in [1.165, 1.54) is 7.11 Å². The summed E-state index contributed by atoms with van der Waals surface area (Å²) in [7, 11) is -2.44. The summed E-state index contributed by atoms with van der Waals surface area (Å²) in [6.45, 7) is 7.18. The van der Waals surface area contributed by atoms with Gasteiger partial charge in [-0.15, -0.1) is 0 Å². The van der Waals surface area contributed by atoms with Crippen molar-refractivity contribution in [2.24, 2.45) is 0 Å². The lowest BCUT2D eigenvalue weighted by Gasteiger charge is -2.45. The predicted molar refractivity (Wildman–Crippen MR) is 115 cm³/mol. The highest BCUT2D eigenvalue weighted by molar-refractivity contribution is 7.85. The molecule has 0 aromatic rings. The number of carbonyl (C=O) groups is 1. The first-order valence-corrected chi connectivity index (χ1v) is 13.0. The molecule has 2 unspecified atom stereocenters. The van der Waals surface area contributed by atoms with Crippen molar-refractivity contribution in [2.45, 2.75) is 89.8 Å². The molecule has 0 radical (unpaired) electrons. The average Bonchev–Trinajstić information content (AvgIpc) is 2.73. The zero-order valence-electron chi connectivity index (χ0n) is 19.5. The molecule has 0 aromatic heterocycles. The van der Waals surface area contributed by atoms with Gasteiger partial charge >= 0.3 is 5.97 Å². The lowest BCUT2D eigenvalue weighted by Crippen LogP contribution is -2.63. The molecule has 31 heavy (non-hydrogen) atoms. The summed E-state index contributed by atoms with van der Waals surface area (Å²) >= 11 is 0. The van der Waals surface area contributed by atoms with E-state index in [2.05, 4.69) is 6.92 Å². The lowest BCUT2D eigenvalue weighted by atomic mass is 9.94. The second kappa shape index (κ2) is 15.1. The largest absolute Gasteiger partial charge is 0.467 e. The van der Waals surface area contributed by atoms with Crippen molar-refractivity contribution in [3.63, 3.8) is 0 Å². The SMILES string of the molecule is CCCCOC1[C@H](OCCCC)C(C(=O)OC)O[C@@H](COS(C)(=O)=O)[C@H]1OCCCC. The van der Waals surface area contributed by atoms with Crippen LogP contribution in [0.2, 0.25) is 0 Å². The van der Waals surface area contributed by atoms with Crippen molar-refractivity contribution in [2.75, 3.05) is 39.8 Å². The van der Waals surface area contributed by atoms with Crippen LogP contribution in [0.15, 0.2) is 0 Å². The van der Waals surface area contributed by atoms with Gasteiger partial charge in [0.2, 0.25) is 0 Å². The van der Waals surface area contributed by atoms with Gasteiger partial charge < -0.3 is 23.7 Å². The van der Waals surface area contributed by atoms with E-state index in [0.717, 1.165) is 44.8 Å². The van der Waals surface area contributed by atoms with Crippen molar-refractivity contribution < 1.29 is 41.1 Å². The lowest BCUT2D eigenvalue weighted by molar-refractivity contribution is -0.262. The monoisotopic (exact) mass is 468 g/mol. The Morgan fingerprint density at radius 1 is 0.839 bits per heavy atom. The Morgan fingerprint density at radius 2 is 1.32 bits per heavy atom. The number of hydrogen-bond donors (Lipinski definition) is 0. The van der Waals surface area contributed by atoms with Crippen molar-refractivity contribution in [3.05, 3.63) is 0 Å². The van der Waals surface area contributed by atoms with E-state index in [-0.39, 0.29) is 6.61 Å². The third kappa shape index (κ3) is 10.1. The molecule has 5 atom stereocenters. The molecule has 0 bridgehead atoms. The number of methoxy groups -OCH3 is 1. The summed E-state index contributed by atoms with van der Waals surface area (Å²) in [4.78, 5) is 12.5. The Hall–Kier alpha value is -0.780. The molecule has 0 aromatic carbocycles. The zero-order chi connectivity index (χ0) is 23.3. The molecule has 1 saturated heterocycles. The first-order chi connectivity index (χ1) is 14.8. The van der Waals surface area contributed by atoms with E-state index in [0.29, 0.717) is 19.8 Å². The van der Waals surface area contributed by atoms with E-state index in [4.69, 9.17) is 27.9 Å². The number of unbranched alkanes of at least 4 members (excludes halogenated alkanes) is 3. The van der Waals surface area contributed by atoms with Gasteiger partial charge in [-0.05, 0) is 19.3 Å².